The molecule has 0 atom stereocenters. The van der Waals surface area contributed by atoms with E-state index in [0.717, 1.165) is 90.7 Å². The van der Waals surface area contributed by atoms with Gasteiger partial charge in [-0.25, -0.2) is 4.98 Å². The minimum Gasteiger partial charge on any atom is -0.496 e. The van der Waals surface area contributed by atoms with Crippen molar-refractivity contribution in [1.82, 2.24) is 19.9 Å². The predicted octanol–water partition coefficient (Wildman–Crippen LogP) is 4.83. The van der Waals surface area contributed by atoms with Crippen LogP contribution in [0.4, 0.5) is 11.8 Å². The molecule has 5 N–H and O–H groups in total. The third-order valence-corrected chi connectivity index (χ3v) is 7.41. The highest BCUT2D eigenvalue weighted by molar-refractivity contribution is 6.09. The van der Waals surface area contributed by atoms with Crippen molar-refractivity contribution < 1.29 is 9.84 Å². The normalized spacial score (nSPS) is 17.9. The Morgan fingerprint density at radius 1 is 1.11 bits per heavy atom. The molecule has 0 aliphatic heterocycles. The van der Waals surface area contributed by atoms with E-state index >= 15 is 0 Å². The average molecular weight is 503 g/mol. The van der Waals surface area contributed by atoms with Gasteiger partial charge in [0.2, 0.25) is 5.95 Å². The molecule has 5 rings (SSSR count). The Morgan fingerprint density at radius 3 is 2.70 bits per heavy atom. The van der Waals surface area contributed by atoms with Crippen LogP contribution in [0.5, 0.6) is 5.75 Å². The molecule has 196 valence electrons. The maximum Gasteiger partial charge on any atom is 0.222 e. The Bertz CT molecular complexity index is 1360. The van der Waals surface area contributed by atoms with Gasteiger partial charge in [0.1, 0.15) is 16.8 Å². The van der Waals surface area contributed by atoms with Crippen LogP contribution in [-0.2, 0) is 13.1 Å². The highest BCUT2D eigenvalue weighted by atomic mass is 16.5. The smallest absolute Gasteiger partial charge is 0.222 e. The van der Waals surface area contributed by atoms with E-state index < -0.39 is 0 Å². The molecule has 1 aliphatic rings. The van der Waals surface area contributed by atoms with Crippen molar-refractivity contribution in [3.8, 4) is 5.75 Å². The van der Waals surface area contributed by atoms with Crippen LogP contribution < -0.4 is 21.1 Å². The number of nitrogens with zero attached hydrogens (tertiary/aromatic N) is 3. The van der Waals surface area contributed by atoms with E-state index in [9.17, 15) is 5.11 Å². The first-order valence-corrected chi connectivity index (χ1v) is 13.4. The van der Waals surface area contributed by atoms with Crippen molar-refractivity contribution in [3.05, 3.63) is 53.6 Å². The molecule has 37 heavy (non-hydrogen) atoms. The molecule has 0 unspecified atom stereocenters. The number of nitrogen functional groups attached to an aromatic ring is 1. The second-order valence-electron chi connectivity index (χ2n) is 10.0. The predicted molar refractivity (Wildman–Crippen MR) is 150 cm³/mol. The molecule has 8 nitrogen and oxygen atoms in total. The Morgan fingerprint density at radius 2 is 1.92 bits per heavy atom. The van der Waals surface area contributed by atoms with E-state index in [2.05, 4.69) is 68.5 Å². The number of fused-ring (bicyclic) bond motifs is 3. The Labute approximate surface area is 218 Å². The van der Waals surface area contributed by atoms with Gasteiger partial charge in [0.15, 0.2) is 5.82 Å². The van der Waals surface area contributed by atoms with Crippen molar-refractivity contribution >= 4 is 33.7 Å². The maximum atomic E-state index is 9.81. The summed E-state index contributed by atoms with van der Waals surface area (Å²) in [5, 5.41) is 18.1. The third-order valence-electron chi connectivity index (χ3n) is 7.41. The summed E-state index contributed by atoms with van der Waals surface area (Å²) in [5.74, 6) is 1.89. The monoisotopic (exact) mass is 502 g/mol. The number of unbranched alkanes of at least 4 members (excludes halogenated alkanes) is 1. The van der Waals surface area contributed by atoms with Gasteiger partial charge in [-0.05, 0) is 55.9 Å². The van der Waals surface area contributed by atoms with Crippen LogP contribution in [0.25, 0.3) is 21.9 Å². The molecular weight excluding hydrogens is 464 g/mol. The second kappa shape index (κ2) is 11.4. The van der Waals surface area contributed by atoms with Crippen molar-refractivity contribution in [3.63, 3.8) is 0 Å². The molecule has 2 heterocycles. The van der Waals surface area contributed by atoms with E-state index in [4.69, 9.17) is 10.5 Å². The molecule has 2 aromatic heterocycles. The van der Waals surface area contributed by atoms with E-state index in [1.165, 1.54) is 5.56 Å². The number of nitrogens with one attached hydrogen (secondary N) is 2. The average Bonchev–Trinajstić information content (AvgIpc) is 3.22. The number of aromatic nitrogens is 3. The largest absolute Gasteiger partial charge is 0.496 e. The zero-order valence-corrected chi connectivity index (χ0v) is 21.8. The first kappa shape index (κ1) is 25.3. The fraction of sp³-hybridized carbons (Fsp3) is 0.448. The van der Waals surface area contributed by atoms with Gasteiger partial charge in [-0.15, -0.1) is 0 Å². The SMILES string of the molecule is CCCCNc1nc(N)nc2c3ccccc3n(Cc3cc(CNC4CCC(O)CC4)ccc3OC)c12. The second-order valence-corrected chi connectivity index (χ2v) is 10.0. The number of aliphatic hydroxyl groups excluding tert-OH is 1. The van der Waals surface area contributed by atoms with Gasteiger partial charge in [-0.3, -0.25) is 0 Å². The topological polar surface area (TPSA) is 110 Å². The van der Waals surface area contributed by atoms with Crippen molar-refractivity contribution in [2.75, 3.05) is 24.7 Å². The number of hydrogen-bond donors (Lipinski definition) is 4. The highest BCUT2D eigenvalue weighted by Crippen LogP contribution is 2.34. The van der Waals surface area contributed by atoms with E-state index in [0.29, 0.717) is 12.6 Å². The van der Waals surface area contributed by atoms with Crippen LogP contribution in [0.2, 0.25) is 0 Å². The molecule has 4 aromatic rings. The van der Waals surface area contributed by atoms with Crippen LogP contribution in [0.15, 0.2) is 42.5 Å². The maximum absolute atomic E-state index is 9.81. The molecule has 8 heteroatoms. The number of rotatable bonds is 10. The fourth-order valence-corrected chi connectivity index (χ4v) is 5.39. The number of hydrogen-bond acceptors (Lipinski definition) is 7. The Balaban J connectivity index is 1.50. The molecular formula is C29H38N6O2. The number of para-hydroxylation sites is 1. The molecule has 2 aromatic carbocycles. The van der Waals surface area contributed by atoms with E-state index in [1.807, 2.05) is 6.07 Å². The first-order chi connectivity index (χ1) is 18.1. The third kappa shape index (κ3) is 5.50. The lowest BCUT2D eigenvalue weighted by atomic mass is 9.93. The van der Waals surface area contributed by atoms with Gasteiger partial charge in [0.05, 0.1) is 25.3 Å². The van der Waals surface area contributed by atoms with Crippen LogP contribution >= 0.6 is 0 Å². The molecule has 0 saturated heterocycles. The lowest BCUT2D eigenvalue weighted by Gasteiger charge is -2.26. The highest BCUT2D eigenvalue weighted by Gasteiger charge is 2.20. The van der Waals surface area contributed by atoms with Gasteiger partial charge < -0.3 is 30.8 Å². The summed E-state index contributed by atoms with van der Waals surface area (Å²) in [6.45, 7) is 4.40. The van der Waals surface area contributed by atoms with Gasteiger partial charge in [0.25, 0.3) is 0 Å². The van der Waals surface area contributed by atoms with Gasteiger partial charge in [-0.1, -0.05) is 37.6 Å². The first-order valence-electron chi connectivity index (χ1n) is 13.4. The number of nitrogens with two attached hydrogens (primary N) is 1. The van der Waals surface area contributed by atoms with Crippen molar-refractivity contribution in [1.29, 1.82) is 0 Å². The Kier molecular flexibility index (Phi) is 7.76. The minimum atomic E-state index is -0.141. The zero-order valence-electron chi connectivity index (χ0n) is 21.8. The van der Waals surface area contributed by atoms with Crippen LogP contribution in [0.1, 0.15) is 56.6 Å². The molecule has 0 bridgehead atoms. The number of aliphatic hydroxyl groups is 1. The molecule has 1 fully saturated rings. The number of methoxy groups -OCH3 is 1. The molecule has 1 aliphatic carbocycles. The van der Waals surface area contributed by atoms with Crippen molar-refractivity contribution in [2.45, 2.75) is 70.7 Å². The lowest BCUT2D eigenvalue weighted by Crippen LogP contribution is -2.34. The van der Waals surface area contributed by atoms with E-state index in [-0.39, 0.29) is 12.1 Å². The summed E-state index contributed by atoms with van der Waals surface area (Å²) in [7, 11) is 1.72. The number of benzene rings is 2. The summed E-state index contributed by atoms with van der Waals surface area (Å²) < 4.78 is 8.05. The lowest BCUT2D eigenvalue weighted by molar-refractivity contribution is 0.116. The summed E-state index contributed by atoms with van der Waals surface area (Å²) in [6, 6.07) is 15.2. The Hall–Kier alpha value is -3.36. The number of ether oxygens (including phenoxy) is 1. The summed E-state index contributed by atoms with van der Waals surface area (Å²) >= 11 is 0. The summed E-state index contributed by atoms with van der Waals surface area (Å²) in [6.07, 6.45) is 5.79. The molecule has 0 spiro atoms. The van der Waals surface area contributed by atoms with Crippen LogP contribution in [0.3, 0.4) is 0 Å². The zero-order chi connectivity index (χ0) is 25.8. The van der Waals surface area contributed by atoms with Gasteiger partial charge in [-0.2, -0.15) is 4.98 Å². The van der Waals surface area contributed by atoms with Crippen LogP contribution in [0, 0.1) is 0 Å². The minimum absolute atomic E-state index is 0.141. The molecule has 0 radical (unpaired) electrons. The molecule has 0 amide bonds. The quantitative estimate of drug-likeness (QED) is 0.230. The van der Waals surface area contributed by atoms with Crippen LogP contribution in [-0.4, -0.2) is 45.4 Å². The van der Waals surface area contributed by atoms with Gasteiger partial charge in [0, 0.05) is 30.1 Å². The summed E-state index contributed by atoms with van der Waals surface area (Å²) in [5.41, 5.74) is 11.3. The summed E-state index contributed by atoms with van der Waals surface area (Å²) in [4.78, 5) is 9.24. The van der Waals surface area contributed by atoms with E-state index in [1.54, 1.807) is 7.11 Å². The standard InChI is InChI=1S/C29H38N6O2/c1-3-4-15-31-28-27-26(33-29(30)34-28)23-7-5-6-8-24(23)35(27)18-20-16-19(9-14-25(20)37-2)17-32-21-10-12-22(36)13-11-21/h5-9,14,16,21-22,32,36H,3-4,10-13,15,17-18H2,1-2H3,(H3,30,31,33,34). The number of anilines is 2. The van der Waals surface area contributed by atoms with Gasteiger partial charge >= 0.3 is 0 Å². The fourth-order valence-electron chi connectivity index (χ4n) is 5.39. The molecule has 1 saturated carbocycles. The van der Waals surface area contributed by atoms with Crippen molar-refractivity contribution in [2.24, 2.45) is 0 Å².